The lowest BCUT2D eigenvalue weighted by Crippen LogP contribution is -2.21. The number of anilines is 3. The van der Waals surface area contributed by atoms with Crippen LogP contribution in [0.25, 0.3) is 11.3 Å². The van der Waals surface area contributed by atoms with Crippen LogP contribution >= 0.6 is 11.8 Å². The van der Waals surface area contributed by atoms with Crippen LogP contribution in [0.15, 0.2) is 65.6 Å². The summed E-state index contributed by atoms with van der Waals surface area (Å²) in [6.45, 7) is 1.70. The molecule has 5 nitrogen and oxygen atoms in total. The number of hydrogen-bond donors (Lipinski definition) is 2. The van der Waals surface area contributed by atoms with Crippen LogP contribution in [0.5, 0.6) is 0 Å². The van der Waals surface area contributed by atoms with Gasteiger partial charge >= 0.3 is 0 Å². The Labute approximate surface area is 165 Å². The second kappa shape index (κ2) is 9.39. The van der Waals surface area contributed by atoms with E-state index < -0.39 is 0 Å². The molecule has 3 aromatic rings. The Morgan fingerprint density at radius 3 is 2.44 bits per heavy atom. The quantitative estimate of drug-likeness (QED) is 0.559. The summed E-state index contributed by atoms with van der Waals surface area (Å²) in [7, 11) is 4.10. The van der Waals surface area contributed by atoms with Crippen molar-refractivity contribution >= 4 is 29.2 Å². The summed E-state index contributed by atoms with van der Waals surface area (Å²) in [5.74, 6) is 1.40. The fourth-order valence-corrected chi connectivity index (χ4v) is 3.18. The van der Waals surface area contributed by atoms with E-state index in [0.717, 1.165) is 35.9 Å². The van der Waals surface area contributed by atoms with E-state index in [4.69, 9.17) is 4.98 Å². The molecule has 0 saturated carbocycles. The number of benzene rings is 2. The van der Waals surface area contributed by atoms with Crippen molar-refractivity contribution in [2.45, 2.75) is 4.90 Å². The van der Waals surface area contributed by atoms with Gasteiger partial charge in [0.15, 0.2) is 0 Å². The largest absolute Gasteiger partial charge is 0.353 e. The van der Waals surface area contributed by atoms with E-state index in [-0.39, 0.29) is 0 Å². The molecule has 3 rings (SSSR count). The summed E-state index contributed by atoms with van der Waals surface area (Å²) in [5, 5.41) is 6.78. The highest BCUT2D eigenvalue weighted by Crippen LogP contribution is 2.29. The van der Waals surface area contributed by atoms with Crippen LogP contribution in [0.1, 0.15) is 0 Å². The predicted molar refractivity (Wildman–Crippen MR) is 116 cm³/mol. The molecule has 0 radical (unpaired) electrons. The van der Waals surface area contributed by atoms with Gasteiger partial charge in [-0.25, -0.2) is 4.98 Å². The molecule has 0 aliphatic heterocycles. The number of rotatable bonds is 8. The number of nitrogens with one attached hydrogen (secondary N) is 2. The second-order valence-corrected chi connectivity index (χ2v) is 7.23. The van der Waals surface area contributed by atoms with Gasteiger partial charge in [-0.05, 0) is 32.5 Å². The van der Waals surface area contributed by atoms with E-state index in [1.54, 1.807) is 11.8 Å². The maximum atomic E-state index is 4.70. The Hall–Kier alpha value is -2.57. The molecule has 2 aromatic carbocycles. The molecule has 1 heterocycles. The van der Waals surface area contributed by atoms with Crippen molar-refractivity contribution in [3.8, 4) is 11.3 Å². The lowest BCUT2D eigenvalue weighted by molar-refractivity contribution is 0.425. The molecule has 140 valence electrons. The zero-order valence-corrected chi connectivity index (χ0v) is 16.8. The van der Waals surface area contributed by atoms with Gasteiger partial charge in [0, 0.05) is 29.6 Å². The summed E-state index contributed by atoms with van der Waals surface area (Å²) >= 11 is 1.71. The first-order valence-corrected chi connectivity index (χ1v) is 10.1. The molecule has 2 N–H and O–H groups in total. The molecule has 6 heteroatoms. The monoisotopic (exact) mass is 379 g/mol. The predicted octanol–water partition coefficient (Wildman–Crippen LogP) is 4.58. The number of thioether (sulfide) groups is 1. The number of para-hydroxylation sites is 1. The first-order valence-electron chi connectivity index (χ1n) is 8.89. The van der Waals surface area contributed by atoms with Gasteiger partial charge in [0.25, 0.3) is 0 Å². The van der Waals surface area contributed by atoms with Gasteiger partial charge in [-0.2, -0.15) is 4.98 Å². The van der Waals surface area contributed by atoms with Gasteiger partial charge < -0.3 is 15.5 Å². The van der Waals surface area contributed by atoms with E-state index in [2.05, 4.69) is 65.1 Å². The Balaban J connectivity index is 1.91. The number of nitrogens with zero attached hydrogens (tertiary/aromatic N) is 3. The molecule has 0 atom stereocenters. The minimum atomic E-state index is 0.627. The Kier molecular flexibility index (Phi) is 6.68. The lowest BCUT2D eigenvalue weighted by Gasteiger charge is -2.14. The maximum absolute atomic E-state index is 4.70. The Bertz CT molecular complexity index is 867. The fraction of sp³-hybridized carbons (Fsp3) is 0.238. The molecule has 0 bridgehead atoms. The maximum Gasteiger partial charge on any atom is 0.225 e. The third-order valence-electron chi connectivity index (χ3n) is 4.01. The number of hydrogen-bond acceptors (Lipinski definition) is 6. The van der Waals surface area contributed by atoms with Crippen molar-refractivity contribution in [1.29, 1.82) is 0 Å². The molecule has 0 spiro atoms. The van der Waals surface area contributed by atoms with Crippen LogP contribution in [0.2, 0.25) is 0 Å². The highest BCUT2D eigenvalue weighted by Gasteiger charge is 2.09. The van der Waals surface area contributed by atoms with E-state index >= 15 is 0 Å². The zero-order chi connectivity index (χ0) is 19.1. The average Bonchev–Trinajstić information content (AvgIpc) is 2.69. The smallest absolute Gasteiger partial charge is 0.225 e. The van der Waals surface area contributed by atoms with Gasteiger partial charge in [0.05, 0.1) is 11.4 Å². The minimum absolute atomic E-state index is 0.627. The number of aromatic nitrogens is 2. The molecule has 1 aromatic heterocycles. The first kappa shape index (κ1) is 19.2. The summed E-state index contributed by atoms with van der Waals surface area (Å²) in [5.41, 5.74) is 3.00. The lowest BCUT2D eigenvalue weighted by atomic mass is 10.1. The molecule has 0 unspecified atom stereocenters. The summed E-state index contributed by atoms with van der Waals surface area (Å²) in [6, 6.07) is 20.4. The first-order chi connectivity index (χ1) is 13.2. The van der Waals surface area contributed by atoms with Gasteiger partial charge in [-0.15, -0.1) is 11.8 Å². The standard InChI is InChI=1S/C21H25N5S/c1-26(2)14-13-22-21-24-18(16-9-5-4-6-10-16)15-20(25-21)23-17-11-7-8-12-19(17)27-3/h4-12,15H,13-14H2,1-3H3,(H2,22,23,24,25). The molecule has 0 aliphatic rings. The van der Waals surface area contributed by atoms with Crippen LogP contribution in [-0.4, -0.2) is 48.3 Å². The highest BCUT2D eigenvalue weighted by atomic mass is 32.2. The van der Waals surface area contributed by atoms with Gasteiger partial charge in [0.2, 0.25) is 5.95 Å². The minimum Gasteiger partial charge on any atom is -0.353 e. The van der Waals surface area contributed by atoms with Crippen LogP contribution in [0, 0.1) is 0 Å². The van der Waals surface area contributed by atoms with E-state index in [0.29, 0.717) is 5.95 Å². The second-order valence-electron chi connectivity index (χ2n) is 6.38. The highest BCUT2D eigenvalue weighted by molar-refractivity contribution is 7.98. The van der Waals surface area contributed by atoms with E-state index in [1.165, 1.54) is 4.90 Å². The van der Waals surface area contributed by atoms with Crippen molar-refractivity contribution in [2.75, 3.05) is 44.1 Å². The van der Waals surface area contributed by atoms with Crippen LogP contribution in [-0.2, 0) is 0 Å². The van der Waals surface area contributed by atoms with Gasteiger partial charge in [-0.3, -0.25) is 0 Å². The summed E-state index contributed by atoms with van der Waals surface area (Å²) < 4.78 is 0. The molecule has 27 heavy (non-hydrogen) atoms. The van der Waals surface area contributed by atoms with Crippen molar-refractivity contribution in [3.63, 3.8) is 0 Å². The Morgan fingerprint density at radius 2 is 1.70 bits per heavy atom. The van der Waals surface area contributed by atoms with Crippen molar-refractivity contribution in [1.82, 2.24) is 14.9 Å². The third-order valence-corrected chi connectivity index (χ3v) is 4.80. The fourth-order valence-electron chi connectivity index (χ4n) is 2.62. The summed E-state index contributed by atoms with van der Waals surface area (Å²) in [6.07, 6.45) is 2.07. The zero-order valence-electron chi connectivity index (χ0n) is 15.9. The van der Waals surface area contributed by atoms with E-state index in [9.17, 15) is 0 Å². The van der Waals surface area contributed by atoms with Gasteiger partial charge in [0.1, 0.15) is 5.82 Å². The molecular weight excluding hydrogens is 354 g/mol. The normalized spacial score (nSPS) is 10.8. The van der Waals surface area contributed by atoms with Crippen LogP contribution in [0.4, 0.5) is 17.5 Å². The SMILES string of the molecule is CSc1ccccc1Nc1cc(-c2ccccc2)nc(NCCN(C)C)n1. The molecule has 0 fully saturated rings. The van der Waals surface area contributed by atoms with Crippen molar-refractivity contribution < 1.29 is 0 Å². The molecule has 0 amide bonds. The molecule has 0 saturated heterocycles. The number of likely N-dealkylation sites (N-methyl/N-ethyl adjacent to an activating group) is 1. The van der Waals surface area contributed by atoms with Crippen molar-refractivity contribution in [3.05, 3.63) is 60.7 Å². The summed E-state index contributed by atoms with van der Waals surface area (Å²) in [4.78, 5) is 12.7. The molecular formula is C21H25N5S. The molecule has 0 aliphatic carbocycles. The van der Waals surface area contributed by atoms with Crippen LogP contribution in [0.3, 0.4) is 0 Å². The average molecular weight is 380 g/mol. The van der Waals surface area contributed by atoms with Crippen molar-refractivity contribution in [2.24, 2.45) is 0 Å². The van der Waals surface area contributed by atoms with E-state index in [1.807, 2.05) is 36.4 Å². The third kappa shape index (κ3) is 5.45. The van der Waals surface area contributed by atoms with Crippen LogP contribution < -0.4 is 10.6 Å². The Morgan fingerprint density at radius 1 is 0.963 bits per heavy atom. The topological polar surface area (TPSA) is 53.1 Å². The van der Waals surface area contributed by atoms with Gasteiger partial charge in [-0.1, -0.05) is 42.5 Å².